The zero-order chi connectivity index (χ0) is 20.9. The first-order valence-corrected chi connectivity index (χ1v) is 10.4. The molecule has 2 aromatic rings. The fourth-order valence-electron chi connectivity index (χ4n) is 4.74. The number of halogens is 1. The van der Waals surface area contributed by atoms with Crippen LogP contribution < -0.4 is 15.8 Å². The number of benzene rings is 1. The molecule has 156 valence electrons. The van der Waals surface area contributed by atoms with Gasteiger partial charge in [0.05, 0.1) is 17.2 Å². The van der Waals surface area contributed by atoms with Crippen molar-refractivity contribution in [2.45, 2.75) is 38.8 Å². The predicted molar refractivity (Wildman–Crippen MR) is 114 cm³/mol. The van der Waals surface area contributed by atoms with Crippen LogP contribution in [0.25, 0.3) is 11.3 Å². The number of nitrogen functional groups attached to an aromatic ring is 1. The highest BCUT2D eigenvalue weighted by molar-refractivity contribution is 6.32. The molecular weight excluding hydrogens is 390 g/mol. The number of nitrogens with zero attached hydrogens (tertiary/aromatic N) is 3. The molecule has 1 aromatic heterocycles. The van der Waals surface area contributed by atoms with Gasteiger partial charge in [0.2, 0.25) is 0 Å². The van der Waals surface area contributed by atoms with E-state index in [1.54, 1.807) is 13.1 Å². The van der Waals surface area contributed by atoms with E-state index in [4.69, 9.17) is 27.2 Å². The van der Waals surface area contributed by atoms with E-state index in [1.165, 1.54) is 0 Å². The number of likely N-dealkylation sites (tertiary alicyclic amines) is 1. The van der Waals surface area contributed by atoms with Crippen LogP contribution in [0.3, 0.4) is 0 Å². The Labute approximate surface area is 176 Å². The summed E-state index contributed by atoms with van der Waals surface area (Å²) >= 11 is 6.42. The van der Waals surface area contributed by atoms with Crippen molar-refractivity contribution < 1.29 is 9.53 Å². The number of rotatable bonds is 5. The molecule has 3 N–H and O–H groups in total. The molecule has 1 aromatic carbocycles. The van der Waals surface area contributed by atoms with Gasteiger partial charge in [-0.25, -0.2) is 4.68 Å². The zero-order valence-corrected chi connectivity index (χ0v) is 18.1. The highest BCUT2D eigenvalue weighted by Crippen LogP contribution is 2.54. The predicted octanol–water partition coefficient (Wildman–Crippen LogP) is 3.20. The molecule has 1 aliphatic heterocycles. The summed E-state index contributed by atoms with van der Waals surface area (Å²) in [7, 11) is 3.73. The first kappa shape index (κ1) is 20.0. The summed E-state index contributed by atoms with van der Waals surface area (Å²) in [5.74, 6) is 0.764. The Kier molecular flexibility index (Phi) is 4.99. The van der Waals surface area contributed by atoms with Gasteiger partial charge in [-0.05, 0) is 57.4 Å². The average molecular weight is 418 g/mol. The number of amides is 1. The van der Waals surface area contributed by atoms with Gasteiger partial charge in [0.25, 0.3) is 5.91 Å². The SMILES string of the molecule is CNC(=O)c1c(-c2ccc(OC(C)C)c(Cl)c2)nn(C2CC3(C2)CN(C)C3)c1N. The van der Waals surface area contributed by atoms with E-state index in [0.29, 0.717) is 33.3 Å². The summed E-state index contributed by atoms with van der Waals surface area (Å²) in [5.41, 5.74) is 8.49. The van der Waals surface area contributed by atoms with E-state index < -0.39 is 0 Å². The van der Waals surface area contributed by atoms with Crippen molar-refractivity contribution in [2.75, 3.05) is 32.9 Å². The number of carbonyl (C=O) groups is 1. The van der Waals surface area contributed by atoms with Gasteiger partial charge in [-0.15, -0.1) is 0 Å². The molecule has 1 spiro atoms. The zero-order valence-electron chi connectivity index (χ0n) is 17.3. The van der Waals surface area contributed by atoms with Crippen LogP contribution in [0.2, 0.25) is 5.02 Å². The number of carbonyl (C=O) groups excluding carboxylic acids is 1. The maximum atomic E-state index is 12.6. The van der Waals surface area contributed by atoms with E-state index in [9.17, 15) is 4.79 Å². The van der Waals surface area contributed by atoms with Gasteiger partial charge >= 0.3 is 0 Å². The largest absolute Gasteiger partial charge is 0.489 e. The van der Waals surface area contributed by atoms with Crippen molar-refractivity contribution in [1.82, 2.24) is 20.0 Å². The number of aromatic nitrogens is 2. The summed E-state index contributed by atoms with van der Waals surface area (Å²) in [4.78, 5) is 14.9. The Bertz CT molecular complexity index is 941. The van der Waals surface area contributed by atoms with Crippen LogP contribution in [-0.4, -0.2) is 53.9 Å². The van der Waals surface area contributed by atoms with Crippen LogP contribution in [0.4, 0.5) is 5.82 Å². The Morgan fingerprint density at radius 3 is 2.62 bits per heavy atom. The van der Waals surface area contributed by atoms with E-state index in [0.717, 1.165) is 31.5 Å². The second-order valence-electron chi connectivity index (χ2n) is 8.68. The van der Waals surface area contributed by atoms with Crippen LogP contribution in [0, 0.1) is 5.41 Å². The molecule has 1 aliphatic carbocycles. The summed E-state index contributed by atoms with van der Waals surface area (Å²) in [6.45, 7) is 6.13. The van der Waals surface area contributed by atoms with Crippen molar-refractivity contribution in [2.24, 2.45) is 5.41 Å². The van der Waals surface area contributed by atoms with Crippen molar-refractivity contribution in [3.05, 3.63) is 28.8 Å². The third kappa shape index (κ3) is 3.46. The molecule has 2 heterocycles. The van der Waals surface area contributed by atoms with Crippen LogP contribution in [-0.2, 0) is 0 Å². The summed E-state index contributed by atoms with van der Waals surface area (Å²) < 4.78 is 7.54. The topological polar surface area (TPSA) is 85.4 Å². The van der Waals surface area contributed by atoms with Crippen molar-refractivity contribution >= 4 is 23.3 Å². The molecule has 1 saturated carbocycles. The molecule has 0 unspecified atom stereocenters. The smallest absolute Gasteiger partial charge is 0.257 e. The van der Waals surface area contributed by atoms with Crippen LogP contribution >= 0.6 is 11.6 Å². The minimum atomic E-state index is -0.250. The molecule has 2 fully saturated rings. The van der Waals surface area contributed by atoms with Gasteiger partial charge in [0.15, 0.2) is 0 Å². The maximum Gasteiger partial charge on any atom is 0.257 e. The fraction of sp³-hybridized carbons (Fsp3) is 0.524. The Hall–Kier alpha value is -2.25. The van der Waals surface area contributed by atoms with E-state index >= 15 is 0 Å². The average Bonchev–Trinajstić information content (AvgIpc) is 2.94. The molecule has 0 bridgehead atoms. The molecule has 1 amide bonds. The van der Waals surface area contributed by atoms with Gasteiger partial charge in [-0.3, -0.25) is 4.79 Å². The molecule has 7 nitrogen and oxygen atoms in total. The first-order chi connectivity index (χ1) is 13.7. The normalized spacial score (nSPS) is 18.6. The van der Waals surface area contributed by atoms with Gasteiger partial charge in [-0.1, -0.05) is 11.6 Å². The molecule has 29 heavy (non-hydrogen) atoms. The van der Waals surface area contributed by atoms with Gasteiger partial charge in [0, 0.05) is 25.7 Å². The lowest BCUT2D eigenvalue weighted by Gasteiger charge is -2.58. The third-order valence-corrected chi connectivity index (χ3v) is 6.16. The van der Waals surface area contributed by atoms with Crippen LogP contribution in [0.5, 0.6) is 5.75 Å². The molecule has 8 heteroatoms. The number of anilines is 1. The first-order valence-electron chi connectivity index (χ1n) is 9.98. The monoisotopic (exact) mass is 417 g/mol. The van der Waals surface area contributed by atoms with E-state index in [-0.39, 0.29) is 18.1 Å². The number of nitrogens with one attached hydrogen (secondary N) is 1. The lowest BCUT2D eigenvalue weighted by atomic mass is 9.61. The lowest BCUT2D eigenvalue weighted by Crippen LogP contribution is -2.60. The lowest BCUT2D eigenvalue weighted by molar-refractivity contribution is -0.0780. The molecule has 1 saturated heterocycles. The van der Waals surface area contributed by atoms with Crippen molar-refractivity contribution in [1.29, 1.82) is 0 Å². The minimum Gasteiger partial charge on any atom is -0.489 e. The number of hydrogen-bond acceptors (Lipinski definition) is 5. The quantitative estimate of drug-likeness (QED) is 0.780. The summed E-state index contributed by atoms with van der Waals surface area (Å²) in [6, 6.07) is 5.68. The molecule has 0 radical (unpaired) electrons. The molecule has 2 aliphatic rings. The molecule has 4 rings (SSSR count). The summed E-state index contributed by atoms with van der Waals surface area (Å²) in [6.07, 6.45) is 2.10. The standard InChI is InChI=1S/C21H28ClN5O2/c1-12(2)29-16-6-5-13(7-15(16)22)18-17(20(28)24-3)19(23)27(25-18)14-8-21(9-14)10-26(4)11-21/h5-7,12,14H,8-11,23H2,1-4H3,(H,24,28). The maximum absolute atomic E-state index is 12.6. The van der Waals surface area contributed by atoms with Crippen LogP contribution in [0.1, 0.15) is 43.1 Å². The Morgan fingerprint density at radius 2 is 2.07 bits per heavy atom. The Morgan fingerprint density at radius 1 is 1.38 bits per heavy atom. The van der Waals surface area contributed by atoms with Crippen molar-refractivity contribution in [3.63, 3.8) is 0 Å². The van der Waals surface area contributed by atoms with Gasteiger partial charge in [0.1, 0.15) is 22.8 Å². The van der Waals surface area contributed by atoms with Crippen LogP contribution in [0.15, 0.2) is 18.2 Å². The fourth-order valence-corrected chi connectivity index (χ4v) is 4.97. The number of hydrogen-bond donors (Lipinski definition) is 2. The van der Waals surface area contributed by atoms with Crippen molar-refractivity contribution in [3.8, 4) is 17.0 Å². The van der Waals surface area contributed by atoms with E-state index in [1.807, 2.05) is 30.7 Å². The Balaban J connectivity index is 1.68. The third-order valence-electron chi connectivity index (χ3n) is 5.86. The molecular formula is C21H28ClN5O2. The second kappa shape index (κ2) is 7.22. The highest BCUT2D eigenvalue weighted by atomic mass is 35.5. The highest BCUT2D eigenvalue weighted by Gasteiger charge is 2.52. The van der Waals surface area contributed by atoms with E-state index in [2.05, 4.69) is 17.3 Å². The number of ether oxygens (including phenoxy) is 1. The summed E-state index contributed by atoms with van der Waals surface area (Å²) in [5, 5.41) is 7.92. The number of nitrogens with two attached hydrogens (primary N) is 1. The van der Waals surface area contributed by atoms with Gasteiger partial charge < -0.3 is 20.7 Å². The minimum absolute atomic E-state index is 0.0196. The van der Waals surface area contributed by atoms with Gasteiger partial charge in [-0.2, -0.15) is 5.10 Å². The molecule has 0 atom stereocenters. The second-order valence-corrected chi connectivity index (χ2v) is 9.09.